The van der Waals surface area contributed by atoms with Crippen LogP contribution in [0.15, 0.2) is 0 Å². The van der Waals surface area contributed by atoms with Crippen molar-refractivity contribution in [2.24, 2.45) is 11.8 Å². The summed E-state index contributed by atoms with van der Waals surface area (Å²) in [6.45, 7) is 10.0. The summed E-state index contributed by atoms with van der Waals surface area (Å²) >= 11 is 0. The van der Waals surface area contributed by atoms with Crippen molar-refractivity contribution >= 4 is 17.8 Å². The summed E-state index contributed by atoms with van der Waals surface area (Å²) in [6, 6.07) is 0. The summed E-state index contributed by atoms with van der Waals surface area (Å²) in [7, 11) is 5.27. The molecule has 0 rings (SSSR count). The Morgan fingerprint density at radius 2 is 0.925 bits per heavy atom. The molecular weight excluding hydrogens is 500 g/mol. The van der Waals surface area contributed by atoms with Gasteiger partial charge in [-0.2, -0.15) is 0 Å². The van der Waals surface area contributed by atoms with E-state index in [0.29, 0.717) is 19.3 Å². The smallest absolute Gasteiger partial charge is 0.237 e. The molecule has 0 aromatic carbocycles. The zero-order valence-electron chi connectivity index (χ0n) is 27.8. The van der Waals surface area contributed by atoms with Crippen LogP contribution in [-0.2, 0) is 14.4 Å². The second-order valence-electron chi connectivity index (χ2n) is 13.2. The van der Waals surface area contributed by atoms with Crippen LogP contribution >= 0.6 is 0 Å². The molecule has 0 heterocycles. The topological polar surface area (TPSA) is 77.5 Å². The number of carboxylic acids is 1. The third kappa shape index (κ3) is 13.0. The fourth-order valence-electron chi connectivity index (χ4n) is 5.89. The summed E-state index contributed by atoms with van der Waals surface area (Å²) in [5.74, 6) is -2.90. The number of aliphatic carboxylic acids is 1. The zero-order valence-corrected chi connectivity index (χ0v) is 27.8. The average Bonchev–Trinajstić information content (AvgIpc) is 2.89. The molecule has 0 aromatic rings. The number of amides is 2. The number of carbonyl (C=O) groups excluding carboxylic acids is 3. The molecule has 0 spiro atoms. The Balaban J connectivity index is 5.54. The van der Waals surface area contributed by atoms with Gasteiger partial charge in [0.2, 0.25) is 17.5 Å². The van der Waals surface area contributed by atoms with E-state index in [1.165, 1.54) is 64.2 Å². The van der Waals surface area contributed by atoms with Crippen molar-refractivity contribution in [3.05, 3.63) is 0 Å². The maximum Gasteiger partial charge on any atom is 0.237 e. The number of likely N-dealkylation sites (N-methyl/N-ethyl adjacent to an activating group) is 1. The Bertz CT molecular complexity index is 665. The van der Waals surface area contributed by atoms with E-state index in [1.807, 2.05) is 20.8 Å². The van der Waals surface area contributed by atoms with Crippen molar-refractivity contribution in [2.75, 3.05) is 21.1 Å². The fraction of sp³-hybridized carbons (Fsp3) is 0.912. The van der Waals surface area contributed by atoms with Crippen molar-refractivity contribution < 1.29 is 24.0 Å². The highest BCUT2D eigenvalue weighted by Gasteiger charge is 2.55. The Morgan fingerprint density at radius 1 is 0.600 bits per heavy atom. The molecule has 0 N–H and O–H groups in total. The molecule has 6 heteroatoms. The van der Waals surface area contributed by atoms with Gasteiger partial charge >= 0.3 is 0 Å². The number of nitrogens with zero attached hydrogens (tertiary/aromatic N) is 2. The van der Waals surface area contributed by atoms with Crippen LogP contribution in [0.4, 0.5) is 0 Å². The molecule has 0 saturated carbocycles. The summed E-state index contributed by atoms with van der Waals surface area (Å²) in [6.07, 6.45) is 20.9. The van der Waals surface area contributed by atoms with Gasteiger partial charge in [-0.25, -0.2) is 4.90 Å². The summed E-state index contributed by atoms with van der Waals surface area (Å²) in [4.78, 5) is 42.1. The van der Waals surface area contributed by atoms with Gasteiger partial charge in [-0.3, -0.25) is 9.59 Å². The number of unbranched alkanes of at least 4 members (excludes halogenated alkanes) is 14. The van der Waals surface area contributed by atoms with E-state index in [2.05, 4.69) is 13.8 Å². The lowest BCUT2D eigenvalue weighted by Gasteiger charge is -2.52. The molecule has 3 atom stereocenters. The summed E-state index contributed by atoms with van der Waals surface area (Å²) in [5.41, 5.74) is -1.73. The first-order valence-corrected chi connectivity index (χ1v) is 16.8. The number of carboxylic acid groups (broad SMARTS) is 1. The molecule has 6 nitrogen and oxygen atoms in total. The zero-order chi connectivity index (χ0) is 30.6. The highest BCUT2D eigenvalue weighted by Crippen LogP contribution is 2.33. The van der Waals surface area contributed by atoms with E-state index in [9.17, 15) is 19.5 Å². The number of rotatable bonds is 25. The molecule has 0 aliphatic rings. The lowest BCUT2D eigenvalue weighted by Crippen LogP contribution is -2.77. The molecular formula is C34H66N2O4. The normalized spacial score (nSPS) is 14.9. The van der Waals surface area contributed by atoms with Crippen LogP contribution in [0.3, 0.4) is 0 Å². The molecule has 0 fully saturated rings. The van der Waals surface area contributed by atoms with Crippen molar-refractivity contribution in [1.82, 2.24) is 4.90 Å². The molecule has 236 valence electrons. The van der Waals surface area contributed by atoms with Gasteiger partial charge < -0.3 is 14.4 Å². The van der Waals surface area contributed by atoms with Crippen LogP contribution in [0.25, 0.3) is 0 Å². The van der Waals surface area contributed by atoms with Gasteiger partial charge in [0.25, 0.3) is 0 Å². The van der Waals surface area contributed by atoms with E-state index >= 15 is 0 Å². The minimum Gasteiger partial charge on any atom is -0.542 e. The molecule has 0 saturated heterocycles. The first-order valence-electron chi connectivity index (χ1n) is 16.8. The quantitative estimate of drug-likeness (QED) is 0.0647. The molecule has 2 amide bonds. The first-order chi connectivity index (χ1) is 18.9. The molecule has 0 aliphatic carbocycles. The van der Waals surface area contributed by atoms with Gasteiger partial charge in [0.1, 0.15) is 5.97 Å². The monoisotopic (exact) mass is 567 g/mol. The number of hydrogen-bond donors (Lipinski definition) is 0. The molecule has 0 bridgehead atoms. The Kier molecular flexibility index (Phi) is 20.5. The van der Waals surface area contributed by atoms with E-state index in [-0.39, 0.29) is 22.7 Å². The van der Waals surface area contributed by atoms with E-state index in [1.54, 1.807) is 21.1 Å². The van der Waals surface area contributed by atoms with Crippen molar-refractivity contribution in [2.45, 2.75) is 169 Å². The van der Waals surface area contributed by atoms with Gasteiger partial charge in [-0.05, 0) is 19.3 Å². The highest BCUT2D eigenvalue weighted by atomic mass is 16.4. The van der Waals surface area contributed by atoms with Gasteiger partial charge in [0, 0.05) is 18.3 Å². The van der Waals surface area contributed by atoms with E-state index in [0.717, 1.165) is 43.4 Å². The maximum absolute atomic E-state index is 14.0. The van der Waals surface area contributed by atoms with Crippen LogP contribution in [0.5, 0.6) is 0 Å². The predicted molar refractivity (Wildman–Crippen MR) is 165 cm³/mol. The van der Waals surface area contributed by atoms with Crippen LogP contribution in [0.1, 0.15) is 163 Å². The summed E-state index contributed by atoms with van der Waals surface area (Å²) < 4.78 is -0.0738. The van der Waals surface area contributed by atoms with Gasteiger partial charge in [-0.15, -0.1) is 0 Å². The number of hydrogen-bond acceptors (Lipinski definition) is 4. The number of carbonyl (C=O) groups is 3. The number of imide groups is 1. The molecule has 40 heavy (non-hydrogen) atoms. The third-order valence-corrected chi connectivity index (χ3v) is 8.67. The molecule has 3 unspecified atom stereocenters. The van der Waals surface area contributed by atoms with Crippen molar-refractivity contribution in [3.63, 3.8) is 0 Å². The van der Waals surface area contributed by atoms with Crippen LogP contribution in [0, 0.1) is 11.8 Å². The first kappa shape index (κ1) is 38.6. The van der Waals surface area contributed by atoms with E-state index < -0.39 is 23.5 Å². The van der Waals surface area contributed by atoms with Crippen LogP contribution in [0.2, 0.25) is 0 Å². The van der Waals surface area contributed by atoms with Crippen molar-refractivity contribution in [1.29, 1.82) is 0 Å². The molecule has 0 radical (unpaired) electrons. The summed E-state index contributed by atoms with van der Waals surface area (Å²) in [5, 5.41) is 12.9. The van der Waals surface area contributed by atoms with Gasteiger partial charge in [-0.1, -0.05) is 137 Å². The predicted octanol–water partition coefficient (Wildman–Crippen LogP) is 7.63. The standard InChI is InChI=1S/C34H66N2O4/c1-9-12-14-16-18-20-22-24-26-29(4)31(37)35(34(28-11-3,33(39)40)36(6,7)8)32(38)30(5)27-25-23-21-19-17-15-13-10-2/h29-30H,9-28H2,1-8H3. The average molecular weight is 567 g/mol. The Morgan fingerprint density at radius 3 is 1.20 bits per heavy atom. The van der Waals surface area contributed by atoms with Gasteiger partial charge in [0.05, 0.1) is 21.1 Å². The SMILES string of the molecule is CCCCCCCCCCC(C)C(=O)N(C(=O)C(C)CCCCCCCCCC)C(CCC)(C(=O)[O-])[N+](C)(C)C. The largest absolute Gasteiger partial charge is 0.542 e. The second kappa shape index (κ2) is 21.3. The lowest BCUT2D eigenvalue weighted by molar-refractivity contribution is -0.927. The van der Waals surface area contributed by atoms with Gasteiger partial charge in [0.15, 0.2) is 0 Å². The third-order valence-electron chi connectivity index (χ3n) is 8.67. The van der Waals surface area contributed by atoms with E-state index in [4.69, 9.17) is 0 Å². The molecule has 0 aliphatic heterocycles. The van der Waals surface area contributed by atoms with Crippen LogP contribution in [-0.4, -0.2) is 54.0 Å². The Labute approximate surface area is 248 Å². The number of quaternary nitrogens is 1. The minimum absolute atomic E-state index is 0.0738. The highest BCUT2D eigenvalue weighted by molar-refractivity contribution is 6.01. The van der Waals surface area contributed by atoms with Crippen LogP contribution < -0.4 is 5.11 Å². The molecule has 0 aromatic heterocycles. The minimum atomic E-state index is -1.73. The second-order valence-corrected chi connectivity index (χ2v) is 13.2. The maximum atomic E-state index is 14.0. The van der Waals surface area contributed by atoms with Crippen molar-refractivity contribution in [3.8, 4) is 0 Å². The lowest BCUT2D eigenvalue weighted by atomic mass is 9.91. The fourth-order valence-corrected chi connectivity index (χ4v) is 5.89. The Hall–Kier alpha value is -1.43.